The minimum Gasteiger partial charge on any atom is -0.372 e. The van der Waals surface area contributed by atoms with Crippen molar-refractivity contribution < 1.29 is 0 Å². The van der Waals surface area contributed by atoms with Crippen molar-refractivity contribution in [1.82, 2.24) is 9.97 Å². The SMILES string of the molecule is CCc1nc(-c2cccc3ccccc23)nc(NC)c1I. The molecule has 3 aromatic rings. The van der Waals surface area contributed by atoms with Gasteiger partial charge in [0.25, 0.3) is 0 Å². The van der Waals surface area contributed by atoms with Crippen LogP contribution in [-0.4, -0.2) is 17.0 Å². The van der Waals surface area contributed by atoms with Gasteiger partial charge in [0.1, 0.15) is 5.82 Å². The third-order valence-corrected chi connectivity index (χ3v) is 4.66. The summed E-state index contributed by atoms with van der Waals surface area (Å²) in [6, 6.07) is 14.6. The van der Waals surface area contributed by atoms with Gasteiger partial charge in [-0.15, -0.1) is 0 Å². The lowest BCUT2D eigenvalue weighted by atomic mass is 10.0. The van der Waals surface area contributed by atoms with Gasteiger partial charge in [-0.3, -0.25) is 0 Å². The molecule has 1 heterocycles. The van der Waals surface area contributed by atoms with Crippen LogP contribution in [0.1, 0.15) is 12.6 Å². The Bertz CT molecular complexity index is 769. The van der Waals surface area contributed by atoms with Crippen molar-refractivity contribution in [2.45, 2.75) is 13.3 Å². The van der Waals surface area contributed by atoms with Crippen LogP contribution in [0.4, 0.5) is 5.82 Å². The molecule has 0 saturated heterocycles. The summed E-state index contributed by atoms with van der Waals surface area (Å²) in [5.74, 6) is 1.68. The third kappa shape index (κ3) is 2.60. The average molecular weight is 389 g/mol. The topological polar surface area (TPSA) is 37.8 Å². The predicted octanol–water partition coefficient (Wildman–Crippen LogP) is 4.51. The third-order valence-electron chi connectivity index (χ3n) is 3.52. The van der Waals surface area contributed by atoms with Crippen LogP contribution in [0.15, 0.2) is 42.5 Å². The fraction of sp³-hybridized carbons (Fsp3) is 0.176. The minimum atomic E-state index is 0.786. The molecule has 106 valence electrons. The molecule has 0 amide bonds. The number of rotatable bonds is 3. The molecule has 0 spiro atoms. The van der Waals surface area contributed by atoms with E-state index in [4.69, 9.17) is 9.97 Å². The van der Waals surface area contributed by atoms with Crippen LogP contribution in [0, 0.1) is 3.57 Å². The highest BCUT2D eigenvalue weighted by Crippen LogP contribution is 2.29. The van der Waals surface area contributed by atoms with Gasteiger partial charge >= 0.3 is 0 Å². The van der Waals surface area contributed by atoms with Crippen molar-refractivity contribution in [3.8, 4) is 11.4 Å². The predicted molar refractivity (Wildman–Crippen MR) is 96.6 cm³/mol. The average Bonchev–Trinajstić information content (AvgIpc) is 2.54. The van der Waals surface area contributed by atoms with E-state index in [9.17, 15) is 0 Å². The highest BCUT2D eigenvalue weighted by molar-refractivity contribution is 14.1. The van der Waals surface area contributed by atoms with Crippen molar-refractivity contribution in [2.24, 2.45) is 0 Å². The molecule has 3 nitrogen and oxygen atoms in total. The van der Waals surface area contributed by atoms with Crippen molar-refractivity contribution in [2.75, 3.05) is 12.4 Å². The van der Waals surface area contributed by atoms with Gasteiger partial charge < -0.3 is 5.32 Å². The molecule has 1 aromatic heterocycles. The second-order valence-electron chi connectivity index (χ2n) is 4.79. The summed E-state index contributed by atoms with van der Waals surface area (Å²) in [7, 11) is 1.90. The zero-order chi connectivity index (χ0) is 14.8. The number of aryl methyl sites for hydroxylation is 1. The summed E-state index contributed by atoms with van der Waals surface area (Å²) >= 11 is 2.31. The molecule has 21 heavy (non-hydrogen) atoms. The maximum atomic E-state index is 4.76. The summed E-state index contributed by atoms with van der Waals surface area (Å²) in [6.45, 7) is 2.12. The first kappa shape index (κ1) is 14.3. The molecule has 0 radical (unpaired) electrons. The van der Waals surface area contributed by atoms with E-state index in [2.05, 4.69) is 77.3 Å². The van der Waals surface area contributed by atoms with Crippen LogP contribution < -0.4 is 5.32 Å². The molecule has 0 unspecified atom stereocenters. The Kier molecular flexibility index (Phi) is 4.05. The van der Waals surface area contributed by atoms with Gasteiger partial charge in [0.2, 0.25) is 0 Å². The quantitative estimate of drug-likeness (QED) is 0.670. The molecule has 0 fully saturated rings. The Balaban J connectivity index is 2.28. The van der Waals surface area contributed by atoms with Crippen LogP contribution in [0.3, 0.4) is 0 Å². The van der Waals surface area contributed by atoms with E-state index in [0.29, 0.717) is 0 Å². The molecule has 0 saturated carbocycles. The van der Waals surface area contributed by atoms with E-state index < -0.39 is 0 Å². The number of benzene rings is 2. The number of anilines is 1. The number of hydrogen-bond donors (Lipinski definition) is 1. The van der Waals surface area contributed by atoms with Crippen LogP contribution in [-0.2, 0) is 6.42 Å². The van der Waals surface area contributed by atoms with Crippen LogP contribution in [0.25, 0.3) is 22.2 Å². The smallest absolute Gasteiger partial charge is 0.162 e. The van der Waals surface area contributed by atoms with E-state index in [0.717, 1.165) is 32.9 Å². The Morgan fingerprint density at radius 3 is 2.57 bits per heavy atom. The number of hydrogen-bond acceptors (Lipinski definition) is 3. The summed E-state index contributed by atoms with van der Waals surface area (Å²) in [5, 5.41) is 5.56. The van der Waals surface area contributed by atoms with E-state index in [1.807, 2.05) is 7.05 Å². The molecule has 0 aliphatic heterocycles. The lowest BCUT2D eigenvalue weighted by Crippen LogP contribution is -2.04. The van der Waals surface area contributed by atoms with E-state index in [1.165, 1.54) is 10.8 Å². The van der Waals surface area contributed by atoms with Gasteiger partial charge in [0.15, 0.2) is 5.82 Å². The maximum absolute atomic E-state index is 4.76. The van der Waals surface area contributed by atoms with Crippen molar-refractivity contribution >= 4 is 39.2 Å². The molecule has 0 atom stereocenters. The Hall–Kier alpha value is -1.69. The van der Waals surface area contributed by atoms with Gasteiger partial charge in [-0.1, -0.05) is 49.4 Å². The minimum absolute atomic E-state index is 0.786. The lowest BCUT2D eigenvalue weighted by Gasteiger charge is -2.11. The first-order chi connectivity index (χ1) is 10.2. The largest absolute Gasteiger partial charge is 0.372 e. The zero-order valence-electron chi connectivity index (χ0n) is 12.0. The number of halogens is 1. The number of aromatic nitrogens is 2. The van der Waals surface area contributed by atoms with Crippen molar-refractivity contribution in [3.63, 3.8) is 0 Å². The Morgan fingerprint density at radius 2 is 1.81 bits per heavy atom. The highest BCUT2D eigenvalue weighted by atomic mass is 127. The molecule has 1 N–H and O–H groups in total. The van der Waals surface area contributed by atoms with Crippen LogP contribution in [0.2, 0.25) is 0 Å². The highest BCUT2D eigenvalue weighted by Gasteiger charge is 2.13. The monoisotopic (exact) mass is 389 g/mol. The first-order valence-electron chi connectivity index (χ1n) is 6.97. The molecular formula is C17H16IN3. The fourth-order valence-corrected chi connectivity index (χ4v) is 3.33. The molecular weight excluding hydrogens is 373 g/mol. The Labute approximate surface area is 138 Å². The summed E-state index contributed by atoms with van der Waals surface area (Å²) < 4.78 is 1.10. The van der Waals surface area contributed by atoms with Gasteiger partial charge in [-0.05, 0) is 39.8 Å². The van der Waals surface area contributed by atoms with E-state index in [1.54, 1.807) is 0 Å². The summed E-state index contributed by atoms with van der Waals surface area (Å²) in [5.41, 5.74) is 2.16. The van der Waals surface area contributed by atoms with E-state index in [-0.39, 0.29) is 0 Å². The molecule has 3 rings (SSSR count). The molecule has 0 aliphatic rings. The number of nitrogens with one attached hydrogen (secondary N) is 1. The molecule has 2 aromatic carbocycles. The number of fused-ring (bicyclic) bond motifs is 1. The van der Waals surface area contributed by atoms with Crippen molar-refractivity contribution in [3.05, 3.63) is 51.7 Å². The van der Waals surface area contributed by atoms with Gasteiger partial charge in [0, 0.05) is 12.6 Å². The summed E-state index contributed by atoms with van der Waals surface area (Å²) in [6.07, 6.45) is 0.896. The van der Waals surface area contributed by atoms with Crippen molar-refractivity contribution in [1.29, 1.82) is 0 Å². The van der Waals surface area contributed by atoms with Crippen LogP contribution >= 0.6 is 22.6 Å². The second-order valence-corrected chi connectivity index (χ2v) is 5.87. The van der Waals surface area contributed by atoms with Gasteiger partial charge in [-0.25, -0.2) is 9.97 Å². The molecule has 4 heteroatoms. The molecule has 0 aliphatic carbocycles. The first-order valence-corrected chi connectivity index (χ1v) is 8.04. The lowest BCUT2D eigenvalue weighted by molar-refractivity contribution is 0.991. The van der Waals surface area contributed by atoms with Gasteiger partial charge in [-0.2, -0.15) is 0 Å². The fourth-order valence-electron chi connectivity index (χ4n) is 2.43. The molecule has 0 bridgehead atoms. The maximum Gasteiger partial charge on any atom is 0.162 e. The second kappa shape index (κ2) is 5.97. The summed E-state index contributed by atoms with van der Waals surface area (Å²) in [4.78, 5) is 9.45. The van der Waals surface area contributed by atoms with Gasteiger partial charge in [0.05, 0.1) is 9.26 Å². The Morgan fingerprint density at radius 1 is 1.05 bits per heavy atom. The normalized spacial score (nSPS) is 10.8. The van der Waals surface area contributed by atoms with E-state index >= 15 is 0 Å². The van der Waals surface area contributed by atoms with Crippen LogP contribution in [0.5, 0.6) is 0 Å². The standard InChI is InChI=1S/C17H16IN3/c1-3-14-15(18)17(19-2)21-16(20-14)13-10-6-8-11-7-4-5-9-12(11)13/h4-10H,3H2,1-2H3,(H,19,20,21). The zero-order valence-corrected chi connectivity index (χ0v) is 14.2. The number of nitrogens with zero attached hydrogens (tertiary/aromatic N) is 2.